The summed E-state index contributed by atoms with van der Waals surface area (Å²) in [6.07, 6.45) is 0.360. The van der Waals surface area contributed by atoms with Gasteiger partial charge < -0.3 is 10.1 Å². The van der Waals surface area contributed by atoms with Crippen molar-refractivity contribution in [1.82, 2.24) is 5.32 Å². The van der Waals surface area contributed by atoms with Gasteiger partial charge in [0.1, 0.15) is 0 Å². The van der Waals surface area contributed by atoms with Crippen LogP contribution in [0.15, 0.2) is 72.8 Å². The highest BCUT2D eigenvalue weighted by Gasteiger charge is 2.19. The monoisotopic (exact) mass is 347 g/mol. The SMILES string of the molecule is COC(=O)C[C@@H](NC(=O)Cc1ccc2ccccc2c1)c1ccccc1. The molecule has 0 saturated carbocycles. The summed E-state index contributed by atoms with van der Waals surface area (Å²) in [5, 5.41) is 5.20. The number of rotatable bonds is 6. The molecular weight excluding hydrogens is 326 g/mol. The van der Waals surface area contributed by atoms with Crippen LogP contribution in [0.3, 0.4) is 0 Å². The lowest BCUT2D eigenvalue weighted by molar-refractivity contribution is -0.141. The van der Waals surface area contributed by atoms with E-state index in [4.69, 9.17) is 4.74 Å². The number of hydrogen-bond acceptors (Lipinski definition) is 3. The summed E-state index contributed by atoms with van der Waals surface area (Å²) >= 11 is 0. The van der Waals surface area contributed by atoms with Crippen molar-refractivity contribution in [2.45, 2.75) is 18.9 Å². The molecule has 0 aliphatic rings. The zero-order valence-electron chi connectivity index (χ0n) is 14.6. The molecule has 0 aliphatic heterocycles. The van der Waals surface area contributed by atoms with Gasteiger partial charge in [-0.05, 0) is 21.9 Å². The molecule has 0 spiro atoms. The van der Waals surface area contributed by atoms with Crippen LogP contribution < -0.4 is 5.32 Å². The molecule has 0 aliphatic carbocycles. The third-order valence-electron chi connectivity index (χ3n) is 4.31. The minimum atomic E-state index is -0.406. The molecule has 26 heavy (non-hydrogen) atoms. The summed E-state index contributed by atoms with van der Waals surface area (Å²) < 4.78 is 4.76. The molecule has 3 aromatic carbocycles. The third kappa shape index (κ3) is 4.48. The van der Waals surface area contributed by atoms with E-state index in [9.17, 15) is 9.59 Å². The van der Waals surface area contributed by atoms with E-state index in [1.165, 1.54) is 7.11 Å². The van der Waals surface area contributed by atoms with Crippen molar-refractivity contribution in [3.05, 3.63) is 83.9 Å². The predicted molar refractivity (Wildman–Crippen MR) is 102 cm³/mol. The summed E-state index contributed by atoms with van der Waals surface area (Å²) in [5.41, 5.74) is 1.82. The van der Waals surface area contributed by atoms with Crippen LogP contribution >= 0.6 is 0 Å². The van der Waals surface area contributed by atoms with Crippen LogP contribution in [0, 0.1) is 0 Å². The highest BCUT2D eigenvalue weighted by molar-refractivity contribution is 5.85. The van der Waals surface area contributed by atoms with Crippen LogP contribution in [-0.4, -0.2) is 19.0 Å². The normalized spacial score (nSPS) is 11.7. The van der Waals surface area contributed by atoms with Crippen LogP contribution in [0.2, 0.25) is 0 Å². The predicted octanol–water partition coefficient (Wildman–Crippen LogP) is 3.80. The zero-order valence-corrected chi connectivity index (χ0v) is 14.6. The third-order valence-corrected chi connectivity index (χ3v) is 4.31. The molecule has 3 rings (SSSR count). The lowest BCUT2D eigenvalue weighted by Gasteiger charge is -2.18. The van der Waals surface area contributed by atoms with Crippen molar-refractivity contribution in [3.63, 3.8) is 0 Å². The number of ether oxygens (including phenoxy) is 1. The fourth-order valence-corrected chi connectivity index (χ4v) is 2.97. The molecule has 1 N–H and O–H groups in total. The first kappa shape index (κ1) is 17.7. The molecule has 0 unspecified atom stereocenters. The molecule has 0 heterocycles. The van der Waals surface area contributed by atoms with E-state index in [0.717, 1.165) is 21.9 Å². The Morgan fingerprint density at radius 1 is 0.923 bits per heavy atom. The standard InChI is InChI=1S/C22H21NO3/c1-26-22(25)15-20(18-8-3-2-4-9-18)23-21(24)14-16-11-12-17-7-5-6-10-19(17)13-16/h2-13,20H,14-15H2,1H3,(H,23,24)/t20-/m1/s1. The maximum atomic E-state index is 12.5. The average molecular weight is 347 g/mol. The molecule has 0 aromatic heterocycles. The number of carbonyl (C=O) groups excluding carboxylic acids is 2. The van der Waals surface area contributed by atoms with Crippen molar-refractivity contribution in [1.29, 1.82) is 0 Å². The van der Waals surface area contributed by atoms with E-state index in [1.807, 2.05) is 72.8 Å². The van der Waals surface area contributed by atoms with Crippen LogP contribution in [-0.2, 0) is 20.7 Å². The molecule has 4 nitrogen and oxygen atoms in total. The quantitative estimate of drug-likeness (QED) is 0.690. The number of carbonyl (C=O) groups is 2. The first-order valence-corrected chi connectivity index (χ1v) is 8.54. The van der Waals surface area contributed by atoms with E-state index < -0.39 is 6.04 Å². The maximum Gasteiger partial charge on any atom is 0.307 e. The van der Waals surface area contributed by atoms with Crippen LogP contribution in [0.1, 0.15) is 23.6 Å². The maximum absolute atomic E-state index is 12.5. The van der Waals surface area contributed by atoms with Gasteiger partial charge >= 0.3 is 5.97 Å². The molecule has 0 bridgehead atoms. The zero-order chi connectivity index (χ0) is 18.4. The van der Waals surface area contributed by atoms with Crippen molar-refractivity contribution in [2.75, 3.05) is 7.11 Å². The minimum Gasteiger partial charge on any atom is -0.469 e. The van der Waals surface area contributed by atoms with Crippen LogP contribution in [0.25, 0.3) is 10.8 Å². The Kier molecular flexibility index (Phi) is 5.64. The number of esters is 1. The summed E-state index contributed by atoms with van der Waals surface area (Å²) in [5.74, 6) is -0.483. The molecule has 1 amide bonds. The van der Waals surface area contributed by atoms with Crippen LogP contribution in [0.5, 0.6) is 0 Å². The van der Waals surface area contributed by atoms with Gasteiger partial charge in [-0.1, -0.05) is 72.8 Å². The molecule has 0 fully saturated rings. The Morgan fingerprint density at radius 2 is 1.62 bits per heavy atom. The Morgan fingerprint density at radius 3 is 2.35 bits per heavy atom. The van der Waals surface area contributed by atoms with Gasteiger partial charge in [0, 0.05) is 0 Å². The van der Waals surface area contributed by atoms with Crippen molar-refractivity contribution in [3.8, 4) is 0 Å². The number of fused-ring (bicyclic) bond motifs is 1. The molecular formula is C22H21NO3. The first-order valence-electron chi connectivity index (χ1n) is 8.54. The number of benzene rings is 3. The van der Waals surface area contributed by atoms with Gasteiger partial charge in [-0.2, -0.15) is 0 Å². The van der Waals surface area contributed by atoms with Gasteiger partial charge in [-0.15, -0.1) is 0 Å². The highest BCUT2D eigenvalue weighted by atomic mass is 16.5. The Bertz CT molecular complexity index is 905. The Labute approximate surface area is 152 Å². The molecule has 0 radical (unpaired) electrons. The second-order valence-electron chi connectivity index (χ2n) is 6.17. The molecule has 0 saturated heterocycles. The minimum absolute atomic E-state index is 0.101. The van der Waals surface area contributed by atoms with E-state index in [2.05, 4.69) is 5.32 Å². The first-order chi connectivity index (χ1) is 12.7. The van der Waals surface area contributed by atoms with Gasteiger partial charge in [-0.25, -0.2) is 0 Å². The van der Waals surface area contributed by atoms with E-state index >= 15 is 0 Å². The average Bonchev–Trinajstić information content (AvgIpc) is 2.68. The number of hydrogen-bond donors (Lipinski definition) is 1. The second-order valence-corrected chi connectivity index (χ2v) is 6.17. The number of amides is 1. The fourth-order valence-electron chi connectivity index (χ4n) is 2.97. The van der Waals surface area contributed by atoms with Gasteiger partial charge in [0.05, 0.1) is 26.0 Å². The van der Waals surface area contributed by atoms with Crippen molar-refractivity contribution >= 4 is 22.6 Å². The fraction of sp³-hybridized carbons (Fsp3) is 0.182. The Balaban J connectivity index is 1.73. The topological polar surface area (TPSA) is 55.4 Å². The second kappa shape index (κ2) is 8.30. The van der Waals surface area contributed by atoms with E-state index in [-0.39, 0.29) is 24.7 Å². The summed E-state index contributed by atoms with van der Waals surface area (Å²) in [6, 6.07) is 23.1. The van der Waals surface area contributed by atoms with Gasteiger partial charge in [0.25, 0.3) is 0 Å². The smallest absolute Gasteiger partial charge is 0.307 e. The number of methoxy groups -OCH3 is 1. The van der Waals surface area contributed by atoms with E-state index in [0.29, 0.717) is 0 Å². The molecule has 132 valence electrons. The van der Waals surface area contributed by atoms with E-state index in [1.54, 1.807) is 0 Å². The van der Waals surface area contributed by atoms with Gasteiger partial charge in [-0.3, -0.25) is 9.59 Å². The molecule has 1 atom stereocenters. The summed E-state index contributed by atoms with van der Waals surface area (Å²) in [6.45, 7) is 0. The lowest BCUT2D eigenvalue weighted by Crippen LogP contribution is -2.31. The lowest BCUT2D eigenvalue weighted by atomic mass is 10.0. The highest BCUT2D eigenvalue weighted by Crippen LogP contribution is 2.19. The van der Waals surface area contributed by atoms with Gasteiger partial charge in [0.2, 0.25) is 5.91 Å². The van der Waals surface area contributed by atoms with Crippen molar-refractivity contribution < 1.29 is 14.3 Å². The number of nitrogens with one attached hydrogen (secondary N) is 1. The Hall–Kier alpha value is -3.14. The van der Waals surface area contributed by atoms with Crippen molar-refractivity contribution in [2.24, 2.45) is 0 Å². The molecule has 3 aromatic rings. The summed E-state index contributed by atoms with van der Waals surface area (Å²) in [4.78, 5) is 24.2. The summed E-state index contributed by atoms with van der Waals surface area (Å²) in [7, 11) is 1.35. The largest absolute Gasteiger partial charge is 0.469 e. The van der Waals surface area contributed by atoms with Gasteiger partial charge in [0.15, 0.2) is 0 Å². The molecule has 4 heteroatoms. The van der Waals surface area contributed by atoms with Crippen LogP contribution in [0.4, 0.5) is 0 Å².